The summed E-state index contributed by atoms with van der Waals surface area (Å²) in [5.41, 5.74) is 0.723. The van der Waals surface area contributed by atoms with E-state index in [1.165, 1.54) is 24.0 Å². The summed E-state index contributed by atoms with van der Waals surface area (Å²) >= 11 is 7.00. The Bertz CT molecular complexity index is 805. The quantitative estimate of drug-likeness (QED) is 0.801. The van der Waals surface area contributed by atoms with E-state index in [0.29, 0.717) is 15.8 Å². The molecule has 0 unspecified atom stereocenters. The summed E-state index contributed by atoms with van der Waals surface area (Å²) in [6, 6.07) is 6.97. The van der Waals surface area contributed by atoms with E-state index in [9.17, 15) is 4.79 Å². The molecule has 0 bridgehead atoms. The molecule has 0 fully saturated rings. The lowest BCUT2D eigenvalue weighted by Crippen LogP contribution is -1.99. The van der Waals surface area contributed by atoms with Crippen LogP contribution in [0.5, 0.6) is 0 Å². The molecule has 6 nitrogen and oxygen atoms in total. The second-order valence-electron chi connectivity index (χ2n) is 3.82. The number of pyridine rings is 2. The van der Waals surface area contributed by atoms with Crippen molar-refractivity contribution in [3.8, 4) is 0 Å². The lowest BCUT2D eigenvalue weighted by Gasteiger charge is -2.02. The minimum absolute atomic E-state index is 0.0120. The Morgan fingerprint density at radius 2 is 2.20 bits per heavy atom. The molecule has 0 aromatic carbocycles. The lowest BCUT2D eigenvalue weighted by molar-refractivity contribution is 0.0696. The summed E-state index contributed by atoms with van der Waals surface area (Å²) in [5.74, 6) is -1.09. The fourth-order valence-corrected chi connectivity index (χ4v) is 2.61. The van der Waals surface area contributed by atoms with Crippen molar-refractivity contribution in [1.82, 2.24) is 19.6 Å². The summed E-state index contributed by atoms with van der Waals surface area (Å²) in [5, 5.41) is 18.3. The van der Waals surface area contributed by atoms with Crippen LogP contribution in [0.4, 0.5) is 0 Å². The van der Waals surface area contributed by atoms with E-state index in [1.807, 2.05) is 24.4 Å². The van der Waals surface area contributed by atoms with Gasteiger partial charge in [-0.1, -0.05) is 17.7 Å². The van der Waals surface area contributed by atoms with E-state index < -0.39 is 5.97 Å². The van der Waals surface area contributed by atoms with Crippen LogP contribution in [0.15, 0.2) is 46.8 Å². The van der Waals surface area contributed by atoms with Gasteiger partial charge in [-0.3, -0.25) is 4.40 Å². The predicted molar refractivity (Wildman–Crippen MR) is 73.3 cm³/mol. The van der Waals surface area contributed by atoms with Crippen LogP contribution in [0.3, 0.4) is 0 Å². The van der Waals surface area contributed by atoms with Crippen LogP contribution < -0.4 is 0 Å². The van der Waals surface area contributed by atoms with Crippen LogP contribution in [0.25, 0.3) is 5.65 Å². The van der Waals surface area contributed by atoms with Crippen molar-refractivity contribution in [2.24, 2.45) is 0 Å². The van der Waals surface area contributed by atoms with E-state index in [0.717, 1.165) is 0 Å². The summed E-state index contributed by atoms with van der Waals surface area (Å²) in [6.07, 6.45) is 3.14. The first kappa shape index (κ1) is 12.9. The van der Waals surface area contributed by atoms with Gasteiger partial charge < -0.3 is 5.11 Å². The predicted octanol–water partition coefficient (Wildman–Crippen LogP) is 2.63. The first-order valence-corrected chi connectivity index (χ1v) is 6.71. The fourth-order valence-electron chi connectivity index (χ4n) is 1.62. The number of carboxylic acid groups (broad SMARTS) is 1. The standard InChI is InChI=1S/C12H7ClN4O2S/c13-8-6-14-10(5-7(8)11(18)19)20-12-16-15-9-3-1-2-4-17(9)12/h1-6H,(H,18,19). The van der Waals surface area contributed by atoms with E-state index in [4.69, 9.17) is 16.7 Å². The molecule has 1 N–H and O–H groups in total. The third-order valence-corrected chi connectivity index (χ3v) is 3.73. The van der Waals surface area contributed by atoms with Crippen molar-refractivity contribution >= 4 is 35.0 Å². The molecule has 20 heavy (non-hydrogen) atoms. The Kier molecular flexibility index (Phi) is 3.29. The zero-order chi connectivity index (χ0) is 14.1. The number of hydrogen-bond acceptors (Lipinski definition) is 5. The summed E-state index contributed by atoms with van der Waals surface area (Å²) in [7, 11) is 0. The number of aromatic nitrogens is 4. The Hall–Kier alpha value is -2.12. The Morgan fingerprint density at radius 3 is 3.00 bits per heavy atom. The molecule has 0 saturated heterocycles. The number of rotatable bonds is 3. The highest BCUT2D eigenvalue weighted by Gasteiger charge is 2.13. The van der Waals surface area contributed by atoms with Gasteiger partial charge in [0.25, 0.3) is 0 Å². The molecule has 0 atom stereocenters. The zero-order valence-electron chi connectivity index (χ0n) is 9.89. The van der Waals surface area contributed by atoms with Crippen LogP contribution in [-0.4, -0.2) is 30.7 Å². The second-order valence-corrected chi connectivity index (χ2v) is 5.22. The number of fused-ring (bicyclic) bond motifs is 1. The molecule has 3 aromatic heterocycles. The fraction of sp³-hybridized carbons (Fsp3) is 0. The molecule has 0 aliphatic heterocycles. The van der Waals surface area contributed by atoms with Gasteiger partial charge in [0.05, 0.1) is 10.6 Å². The van der Waals surface area contributed by atoms with Crippen LogP contribution in [0.1, 0.15) is 10.4 Å². The summed E-state index contributed by atoms with van der Waals surface area (Å²) in [6.45, 7) is 0. The van der Waals surface area contributed by atoms with Gasteiger partial charge in [0.1, 0.15) is 5.03 Å². The van der Waals surface area contributed by atoms with Crippen molar-refractivity contribution in [3.63, 3.8) is 0 Å². The third-order valence-electron chi connectivity index (χ3n) is 2.54. The average Bonchev–Trinajstić information content (AvgIpc) is 2.84. The summed E-state index contributed by atoms with van der Waals surface area (Å²) < 4.78 is 1.79. The molecule has 3 rings (SSSR count). The molecule has 0 spiro atoms. The minimum Gasteiger partial charge on any atom is -0.478 e. The average molecular weight is 307 g/mol. The van der Waals surface area contributed by atoms with E-state index in [-0.39, 0.29) is 10.6 Å². The topological polar surface area (TPSA) is 80.4 Å². The molecular weight excluding hydrogens is 300 g/mol. The zero-order valence-corrected chi connectivity index (χ0v) is 11.5. The number of carbonyl (C=O) groups is 1. The normalized spacial score (nSPS) is 10.8. The van der Waals surface area contributed by atoms with Crippen LogP contribution in [-0.2, 0) is 0 Å². The molecular formula is C12H7ClN4O2S. The van der Waals surface area contributed by atoms with Gasteiger partial charge in [-0.05, 0) is 30.0 Å². The maximum Gasteiger partial charge on any atom is 0.337 e. The molecule has 0 aliphatic rings. The highest BCUT2D eigenvalue weighted by molar-refractivity contribution is 7.99. The number of hydrogen-bond donors (Lipinski definition) is 1. The molecule has 8 heteroatoms. The first-order valence-electron chi connectivity index (χ1n) is 5.51. The van der Waals surface area contributed by atoms with E-state index >= 15 is 0 Å². The largest absolute Gasteiger partial charge is 0.478 e. The molecule has 0 aliphatic carbocycles. The van der Waals surface area contributed by atoms with Crippen molar-refractivity contribution < 1.29 is 9.90 Å². The molecule has 0 saturated carbocycles. The van der Waals surface area contributed by atoms with Crippen LogP contribution in [0.2, 0.25) is 5.02 Å². The lowest BCUT2D eigenvalue weighted by atomic mass is 10.3. The Morgan fingerprint density at radius 1 is 1.35 bits per heavy atom. The number of carboxylic acids is 1. The molecule has 3 heterocycles. The van der Waals surface area contributed by atoms with Crippen molar-refractivity contribution in [2.45, 2.75) is 10.2 Å². The summed E-state index contributed by atoms with van der Waals surface area (Å²) in [4.78, 5) is 15.1. The van der Waals surface area contributed by atoms with Crippen LogP contribution >= 0.6 is 23.4 Å². The second kappa shape index (κ2) is 5.10. The third kappa shape index (κ3) is 2.33. The number of aromatic carboxylic acids is 1. The van der Waals surface area contributed by atoms with Crippen molar-refractivity contribution in [2.75, 3.05) is 0 Å². The Labute approximate surface area is 122 Å². The highest BCUT2D eigenvalue weighted by atomic mass is 35.5. The maximum absolute atomic E-state index is 11.0. The molecule has 0 amide bonds. The number of nitrogens with zero attached hydrogens (tertiary/aromatic N) is 4. The first-order chi connectivity index (χ1) is 9.65. The van der Waals surface area contributed by atoms with Gasteiger partial charge in [0.2, 0.25) is 5.16 Å². The minimum atomic E-state index is -1.09. The SMILES string of the molecule is O=C(O)c1cc(Sc2nnc3ccccn23)ncc1Cl. The van der Waals surface area contributed by atoms with Gasteiger partial charge in [0, 0.05) is 12.4 Å². The van der Waals surface area contributed by atoms with Crippen molar-refractivity contribution in [3.05, 3.63) is 47.2 Å². The van der Waals surface area contributed by atoms with Gasteiger partial charge >= 0.3 is 5.97 Å². The highest BCUT2D eigenvalue weighted by Crippen LogP contribution is 2.27. The molecule has 100 valence electrons. The van der Waals surface area contributed by atoms with E-state index in [1.54, 1.807) is 4.40 Å². The van der Waals surface area contributed by atoms with Gasteiger partial charge in [-0.15, -0.1) is 10.2 Å². The molecule has 0 radical (unpaired) electrons. The maximum atomic E-state index is 11.0. The Balaban J connectivity index is 1.99. The number of halogens is 1. The monoisotopic (exact) mass is 306 g/mol. The van der Waals surface area contributed by atoms with Gasteiger partial charge in [0.15, 0.2) is 5.65 Å². The van der Waals surface area contributed by atoms with Gasteiger partial charge in [-0.2, -0.15) is 0 Å². The molecule has 3 aromatic rings. The van der Waals surface area contributed by atoms with Gasteiger partial charge in [-0.25, -0.2) is 9.78 Å². The smallest absolute Gasteiger partial charge is 0.337 e. The van der Waals surface area contributed by atoms with Crippen LogP contribution in [0, 0.1) is 0 Å². The van der Waals surface area contributed by atoms with Crippen molar-refractivity contribution in [1.29, 1.82) is 0 Å². The van der Waals surface area contributed by atoms with E-state index in [2.05, 4.69) is 15.2 Å².